The quantitative estimate of drug-likeness (QED) is 0.0553. The monoisotopic (exact) mass is 1130 g/mol. The molecule has 2 aromatic rings. The van der Waals surface area contributed by atoms with Crippen molar-refractivity contribution < 1.29 is 85.6 Å². The van der Waals surface area contributed by atoms with Crippen LogP contribution in [-0.4, -0.2) is 134 Å². The van der Waals surface area contributed by atoms with Crippen molar-refractivity contribution in [3.8, 4) is 0 Å². The van der Waals surface area contributed by atoms with E-state index < -0.39 is 84.6 Å². The van der Waals surface area contributed by atoms with Gasteiger partial charge in [0.15, 0.2) is 22.8 Å². The van der Waals surface area contributed by atoms with Crippen LogP contribution in [0.1, 0.15) is 118 Å². The van der Waals surface area contributed by atoms with Crippen LogP contribution >= 0.6 is 35.2 Å². The third-order valence-corrected chi connectivity index (χ3v) is 21.0. The number of nitrogen functional groups attached to an aromatic ring is 1. The number of phosphoric acid groups is 3. The molecule has 1 saturated heterocycles. The number of nitrogens with one attached hydrogen (secondary N) is 2. The maximum atomic E-state index is 12.9. The molecule has 0 aromatic carbocycles. The van der Waals surface area contributed by atoms with Gasteiger partial charge in [0.25, 0.3) is 0 Å². The fraction of sp³-hybridized carbons (Fsp3) is 0.822. The Morgan fingerprint density at radius 1 is 0.932 bits per heavy atom. The summed E-state index contributed by atoms with van der Waals surface area (Å²) in [6.45, 7) is 7.92. The Balaban J connectivity index is 0.774. The number of nitrogens with zero attached hydrogens (tertiary/aromatic N) is 4. The van der Waals surface area contributed by atoms with Gasteiger partial charge in [-0.15, -0.1) is 0 Å². The summed E-state index contributed by atoms with van der Waals surface area (Å²) in [4.78, 5) is 89.7. The summed E-state index contributed by atoms with van der Waals surface area (Å²) in [7, 11) is -16.4. The van der Waals surface area contributed by atoms with Crippen molar-refractivity contribution >= 4 is 69.1 Å². The van der Waals surface area contributed by atoms with Crippen molar-refractivity contribution in [3.05, 3.63) is 12.7 Å². The molecule has 2 amide bonds. The Morgan fingerprint density at radius 3 is 2.36 bits per heavy atom. The number of fused-ring (bicyclic) bond motifs is 6. The third-order valence-electron chi connectivity index (χ3n) is 17.0. The molecular formula is C45H74N7O18P3S. The Bertz CT molecular complexity index is 2490. The number of hydrogen-bond acceptors (Lipinski definition) is 19. The van der Waals surface area contributed by atoms with Gasteiger partial charge >= 0.3 is 23.5 Å². The lowest BCUT2D eigenvalue weighted by atomic mass is 9.44. The molecule has 418 valence electrons. The lowest BCUT2D eigenvalue weighted by Gasteiger charge is -2.61. The summed E-state index contributed by atoms with van der Waals surface area (Å²) in [5.41, 5.74) is 4.93. The Hall–Kier alpha value is -2.48. The summed E-state index contributed by atoms with van der Waals surface area (Å²) in [6, 6.07) is 0. The van der Waals surface area contributed by atoms with E-state index in [1.54, 1.807) is 0 Å². The molecule has 4 aliphatic carbocycles. The first-order valence-corrected chi connectivity index (χ1v) is 30.8. The maximum Gasteiger partial charge on any atom is 0.481 e. The zero-order chi connectivity index (χ0) is 54.2. The minimum absolute atomic E-state index is 0.0326. The van der Waals surface area contributed by atoms with Crippen LogP contribution in [0, 0.1) is 51.8 Å². The third kappa shape index (κ3) is 13.7. The van der Waals surface area contributed by atoms with Gasteiger partial charge in [-0.2, -0.15) is 4.31 Å². The topological polar surface area (TPSA) is 384 Å². The maximum absolute atomic E-state index is 12.9. The van der Waals surface area contributed by atoms with Crippen molar-refractivity contribution in [2.45, 2.75) is 148 Å². The zero-order valence-electron chi connectivity index (χ0n) is 42.3. The molecule has 1 aliphatic heterocycles. The zero-order valence-corrected chi connectivity index (χ0v) is 45.8. The number of aliphatic hydroxyl groups excluding tert-OH is 3. The fourth-order valence-corrected chi connectivity index (χ4v) is 16.6. The van der Waals surface area contributed by atoms with Gasteiger partial charge in [0.2, 0.25) is 11.8 Å². The molecule has 4 saturated carbocycles. The Kier molecular flexibility index (Phi) is 18.8. The molecule has 11 N–H and O–H groups in total. The number of anilines is 1. The first-order valence-electron chi connectivity index (χ1n) is 25.3. The Morgan fingerprint density at radius 2 is 1.64 bits per heavy atom. The molecular weight excluding hydrogens is 1050 g/mol. The van der Waals surface area contributed by atoms with E-state index in [9.17, 15) is 63.0 Å². The van der Waals surface area contributed by atoms with Crippen molar-refractivity contribution in [1.82, 2.24) is 30.2 Å². The van der Waals surface area contributed by atoms with Crippen LogP contribution in [-0.2, 0) is 50.7 Å². The summed E-state index contributed by atoms with van der Waals surface area (Å²) < 4.78 is 62.8. The van der Waals surface area contributed by atoms with Crippen LogP contribution in [0.4, 0.5) is 5.82 Å². The van der Waals surface area contributed by atoms with Gasteiger partial charge in [-0.05, 0) is 111 Å². The van der Waals surface area contributed by atoms with E-state index in [1.807, 2.05) is 0 Å². The number of carbonyl (C=O) groups excluding carboxylic acids is 3. The molecule has 0 spiro atoms. The number of aliphatic hydroxyl groups is 3. The van der Waals surface area contributed by atoms with E-state index in [0.717, 1.165) is 60.7 Å². The minimum atomic E-state index is -5.59. The van der Waals surface area contributed by atoms with Crippen LogP contribution in [0.2, 0.25) is 0 Å². The van der Waals surface area contributed by atoms with Crippen LogP contribution < -0.4 is 16.4 Å². The highest BCUT2D eigenvalue weighted by Crippen LogP contribution is 2.68. The molecule has 25 nitrogen and oxygen atoms in total. The summed E-state index contributed by atoms with van der Waals surface area (Å²) in [5, 5.41) is 37.3. The minimum Gasteiger partial charge on any atom is -0.393 e. The summed E-state index contributed by atoms with van der Waals surface area (Å²) >= 11 is 1.18. The predicted molar refractivity (Wildman–Crippen MR) is 267 cm³/mol. The number of hydrogen-bond donors (Lipinski definition) is 10. The first-order chi connectivity index (χ1) is 34.5. The molecule has 0 radical (unpaired) electrons. The van der Waals surface area contributed by atoms with E-state index in [1.165, 1.54) is 64.1 Å². The second-order valence-corrected chi connectivity index (χ2v) is 27.5. The second-order valence-electron chi connectivity index (χ2n) is 22.1. The van der Waals surface area contributed by atoms with Crippen LogP contribution in [0.25, 0.3) is 11.2 Å². The van der Waals surface area contributed by atoms with Gasteiger partial charge < -0.3 is 56.0 Å². The molecule has 29 heteroatoms. The molecule has 9 unspecified atom stereocenters. The predicted octanol–water partition coefficient (Wildman–Crippen LogP) is 4.10. The number of rotatable bonds is 23. The number of imidazole rings is 1. The molecule has 3 heterocycles. The number of aromatic nitrogens is 4. The first kappa shape index (κ1) is 59.2. The average molecular weight is 1130 g/mol. The van der Waals surface area contributed by atoms with Crippen molar-refractivity contribution in [2.24, 2.45) is 51.8 Å². The Labute approximate surface area is 434 Å². The lowest BCUT2D eigenvalue weighted by Crippen LogP contribution is -2.54. The normalized spacial score (nSPS) is 33.6. The molecule has 16 atom stereocenters. The number of ether oxygens (including phenoxy) is 1. The van der Waals surface area contributed by atoms with Gasteiger partial charge in [0.1, 0.15) is 36.3 Å². The van der Waals surface area contributed by atoms with E-state index in [-0.39, 0.29) is 47.7 Å². The van der Waals surface area contributed by atoms with Gasteiger partial charge in [-0.1, -0.05) is 46.4 Å². The largest absolute Gasteiger partial charge is 0.481 e. The van der Waals surface area contributed by atoms with E-state index in [4.69, 9.17) is 19.5 Å². The molecule has 2 aromatic heterocycles. The standard InChI is InChI=1S/C45H74N7O18P3S/c1-25(29-9-10-30-28-8-7-26-20-27(53)12-15-44(26,4)31(28)13-16-45(29,30)5)6-11-34(55)74-19-18-47-33(54)14-17-48-41(58)38(57)43(2,3)22-67-73(64,65)70-72(62,63)66-21-32-37(69-71(59,60)61)36(56)42(68-32)52-24-51-35-39(46)49-23-50-40(35)52/h23-32,36-38,42,53,56-57H,6-22H2,1-5H3,(H,47,54)(H,48,58)(H,62,63)(H,64,65)(H2,46,49,50)(H2,59,60,61)/t25-,26?,27-,28?,29?,30?,31?,32-,36-,37-,38+,42-,44?,45?/m1/s1. The van der Waals surface area contributed by atoms with Crippen LogP contribution in [0.15, 0.2) is 12.7 Å². The van der Waals surface area contributed by atoms with Crippen molar-refractivity contribution in [2.75, 3.05) is 37.8 Å². The van der Waals surface area contributed by atoms with Gasteiger partial charge in [-0.3, -0.25) is 32.5 Å². The molecule has 0 bridgehead atoms. The van der Waals surface area contributed by atoms with Gasteiger partial charge in [0, 0.05) is 37.1 Å². The van der Waals surface area contributed by atoms with Gasteiger partial charge in [-0.25, -0.2) is 28.6 Å². The molecule has 7 rings (SSSR count). The number of carbonyl (C=O) groups is 3. The molecule has 74 heavy (non-hydrogen) atoms. The number of amides is 2. The molecule has 5 fully saturated rings. The van der Waals surface area contributed by atoms with E-state index in [0.29, 0.717) is 40.8 Å². The van der Waals surface area contributed by atoms with Crippen LogP contribution in [0.3, 0.4) is 0 Å². The number of phosphoric ester groups is 3. The highest BCUT2D eigenvalue weighted by molar-refractivity contribution is 8.13. The van der Waals surface area contributed by atoms with E-state index in [2.05, 4.69) is 55.2 Å². The molecule has 5 aliphatic rings. The van der Waals surface area contributed by atoms with E-state index >= 15 is 0 Å². The smallest absolute Gasteiger partial charge is 0.393 e. The highest BCUT2D eigenvalue weighted by atomic mass is 32.2. The number of nitrogens with two attached hydrogens (primary N) is 1. The fourth-order valence-electron chi connectivity index (χ4n) is 13.1. The lowest BCUT2D eigenvalue weighted by molar-refractivity contribution is -0.137. The summed E-state index contributed by atoms with van der Waals surface area (Å²) in [5.74, 6) is 2.85. The highest BCUT2D eigenvalue weighted by Gasteiger charge is 2.61. The SMILES string of the molecule is C[C@H](CCC(=O)SCCNC(=O)CCNC(=O)[C@H](O)C(C)(C)COP(=O)(O)OP(=O)(O)OC[C@H]1O[C@@H](n2cnc3c(N)ncnc32)[C@H](O)[C@@H]1OP(=O)(O)O)C1CCC2C3CCC4C[C@H](O)CCC4(C)C3CCC21C. The van der Waals surface area contributed by atoms with Crippen molar-refractivity contribution in [1.29, 1.82) is 0 Å². The van der Waals surface area contributed by atoms with Crippen molar-refractivity contribution in [3.63, 3.8) is 0 Å². The van der Waals surface area contributed by atoms with Crippen LogP contribution in [0.5, 0.6) is 0 Å². The van der Waals surface area contributed by atoms with Gasteiger partial charge in [0.05, 0.1) is 25.6 Å². The number of thioether (sulfide) groups is 1. The second kappa shape index (κ2) is 23.5. The average Bonchev–Trinajstić information content (AvgIpc) is 4.00. The summed E-state index contributed by atoms with van der Waals surface area (Å²) in [6.07, 6.45) is 4.77.